The second-order valence-electron chi connectivity index (χ2n) is 7.06. The molecule has 2 aromatic rings. The number of anilines is 1. The lowest BCUT2D eigenvalue weighted by Crippen LogP contribution is -2.31. The molecule has 0 fully saturated rings. The largest absolute Gasteiger partial charge is 0.491 e. The van der Waals surface area contributed by atoms with Crippen LogP contribution >= 0.6 is 0 Å². The minimum Gasteiger partial charge on any atom is -0.491 e. The lowest BCUT2D eigenvalue weighted by molar-refractivity contribution is -0.129. The van der Waals surface area contributed by atoms with Gasteiger partial charge < -0.3 is 14.5 Å². The zero-order valence-electron chi connectivity index (χ0n) is 16.4. The molecule has 5 nitrogen and oxygen atoms in total. The molecule has 0 saturated heterocycles. The lowest BCUT2D eigenvalue weighted by Gasteiger charge is -2.29. The van der Waals surface area contributed by atoms with E-state index in [0.29, 0.717) is 19.7 Å². The third-order valence-corrected chi connectivity index (χ3v) is 5.03. The van der Waals surface area contributed by atoms with E-state index >= 15 is 0 Å². The van der Waals surface area contributed by atoms with Crippen LogP contribution in [-0.4, -0.2) is 29.9 Å². The summed E-state index contributed by atoms with van der Waals surface area (Å²) in [5, 5.41) is 0. The van der Waals surface area contributed by atoms with Crippen molar-refractivity contribution in [2.24, 2.45) is 0 Å². The average Bonchev–Trinajstić information content (AvgIpc) is 2.85. The van der Waals surface area contributed by atoms with Gasteiger partial charge in [0.15, 0.2) is 0 Å². The maximum atomic E-state index is 12.4. The van der Waals surface area contributed by atoms with Crippen molar-refractivity contribution < 1.29 is 14.3 Å². The van der Waals surface area contributed by atoms with E-state index in [0.717, 1.165) is 28.1 Å². The number of carbonyl (C=O) groups is 2. The second kappa shape index (κ2) is 7.82. The summed E-state index contributed by atoms with van der Waals surface area (Å²) in [6.07, 6.45) is 0. The van der Waals surface area contributed by atoms with E-state index in [1.54, 1.807) is 23.6 Å². The highest BCUT2D eigenvalue weighted by molar-refractivity contribution is 5.92. The molecule has 27 heavy (non-hydrogen) atoms. The van der Waals surface area contributed by atoms with E-state index in [1.165, 1.54) is 0 Å². The summed E-state index contributed by atoms with van der Waals surface area (Å²) in [7, 11) is 0. The van der Waals surface area contributed by atoms with Crippen molar-refractivity contribution in [2.45, 2.75) is 40.3 Å². The number of benzene rings is 2. The molecule has 0 N–H and O–H groups in total. The van der Waals surface area contributed by atoms with Crippen LogP contribution in [0, 0.1) is 6.92 Å². The molecule has 0 bridgehead atoms. The molecule has 2 amide bonds. The summed E-state index contributed by atoms with van der Waals surface area (Å²) in [5.41, 5.74) is 4.01. The molecule has 1 atom stereocenters. The lowest BCUT2D eigenvalue weighted by atomic mass is 10.0. The average molecular weight is 366 g/mol. The molecule has 2 aromatic carbocycles. The van der Waals surface area contributed by atoms with E-state index in [9.17, 15) is 9.59 Å². The Bertz CT molecular complexity index is 845. The number of fused-ring (bicyclic) bond motifs is 1. The van der Waals surface area contributed by atoms with Crippen LogP contribution in [0.25, 0.3) is 0 Å². The fraction of sp³-hybridized carbons (Fsp3) is 0.364. The summed E-state index contributed by atoms with van der Waals surface area (Å²) >= 11 is 0. The molecule has 1 heterocycles. The van der Waals surface area contributed by atoms with E-state index in [4.69, 9.17) is 4.74 Å². The minimum atomic E-state index is -0.135. The van der Waals surface area contributed by atoms with Gasteiger partial charge in [0.25, 0.3) is 0 Å². The minimum absolute atomic E-state index is 0.0112. The number of hydrogen-bond acceptors (Lipinski definition) is 3. The molecule has 0 radical (unpaired) electrons. The van der Waals surface area contributed by atoms with Gasteiger partial charge in [-0.15, -0.1) is 0 Å². The molecule has 1 unspecified atom stereocenters. The third-order valence-electron chi connectivity index (χ3n) is 5.03. The van der Waals surface area contributed by atoms with Crippen molar-refractivity contribution >= 4 is 17.5 Å². The zero-order chi connectivity index (χ0) is 19.6. The molecule has 3 rings (SSSR count). The van der Waals surface area contributed by atoms with Gasteiger partial charge in [-0.3, -0.25) is 9.59 Å². The van der Waals surface area contributed by atoms with Gasteiger partial charge in [-0.05, 0) is 43.7 Å². The van der Waals surface area contributed by atoms with Crippen molar-refractivity contribution in [3.63, 3.8) is 0 Å². The van der Waals surface area contributed by atoms with Gasteiger partial charge in [-0.2, -0.15) is 0 Å². The Morgan fingerprint density at radius 2 is 1.81 bits per heavy atom. The number of ether oxygens (including phenoxy) is 1. The molecular weight excluding hydrogens is 340 g/mol. The molecule has 1 aliphatic heterocycles. The molecule has 0 spiro atoms. The van der Waals surface area contributed by atoms with Crippen molar-refractivity contribution in [2.75, 3.05) is 18.1 Å². The molecule has 0 saturated carbocycles. The Labute approximate surface area is 160 Å². The maximum absolute atomic E-state index is 12.4. The first-order chi connectivity index (χ1) is 12.9. The summed E-state index contributed by atoms with van der Waals surface area (Å²) in [4.78, 5) is 27.8. The summed E-state index contributed by atoms with van der Waals surface area (Å²) in [6.45, 7) is 8.80. The van der Waals surface area contributed by atoms with Crippen LogP contribution in [-0.2, 0) is 16.1 Å². The smallest absolute Gasteiger partial charge is 0.224 e. The molecule has 0 aromatic heterocycles. The number of rotatable bonds is 3. The van der Waals surface area contributed by atoms with Gasteiger partial charge in [0, 0.05) is 31.6 Å². The fourth-order valence-electron chi connectivity index (χ4n) is 3.48. The van der Waals surface area contributed by atoms with Crippen molar-refractivity contribution in [1.82, 2.24) is 4.90 Å². The first-order valence-electron chi connectivity index (χ1n) is 9.24. The van der Waals surface area contributed by atoms with Gasteiger partial charge >= 0.3 is 0 Å². The SMILES string of the molecule is CC(=O)N1CCOc2ccc(C(C)N(C(C)=O)c3ccc(C)cc3)cc2C1. The number of carbonyl (C=O) groups excluding carboxylic acids is 2. The molecular formula is C22H26N2O3. The first-order valence-corrected chi connectivity index (χ1v) is 9.24. The van der Waals surface area contributed by atoms with E-state index in [-0.39, 0.29) is 17.9 Å². The van der Waals surface area contributed by atoms with Gasteiger partial charge in [0.2, 0.25) is 11.8 Å². The highest BCUT2D eigenvalue weighted by atomic mass is 16.5. The Kier molecular flexibility index (Phi) is 5.49. The molecule has 142 valence electrons. The standard InChI is InChI=1S/C22H26N2O3/c1-15-5-8-21(9-6-15)24(18(4)26)16(2)19-7-10-22-20(13-19)14-23(17(3)25)11-12-27-22/h5-10,13,16H,11-12,14H2,1-4H3. The van der Waals surface area contributed by atoms with Crippen molar-refractivity contribution in [1.29, 1.82) is 0 Å². The summed E-state index contributed by atoms with van der Waals surface area (Å²) < 4.78 is 5.79. The molecule has 5 heteroatoms. The molecule has 1 aliphatic rings. The van der Waals surface area contributed by atoms with Crippen LogP contribution in [0.4, 0.5) is 5.69 Å². The normalized spacial score (nSPS) is 14.6. The highest BCUT2D eigenvalue weighted by Crippen LogP contribution is 2.32. The Morgan fingerprint density at radius 3 is 2.44 bits per heavy atom. The van der Waals surface area contributed by atoms with E-state index in [2.05, 4.69) is 0 Å². The van der Waals surface area contributed by atoms with Crippen molar-refractivity contribution in [3.8, 4) is 5.75 Å². The van der Waals surface area contributed by atoms with Gasteiger partial charge in [0.05, 0.1) is 12.6 Å². The van der Waals surface area contributed by atoms with Crippen LogP contribution in [0.2, 0.25) is 0 Å². The third kappa shape index (κ3) is 4.13. The Balaban J connectivity index is 1.93. The predicted molar refractivity (Wildman–Crippen MR) is 106 cm³/mol. The van der Waals surface area contributed by atoms with Gasteiger partial charge in [-0.1, -0.05) is 23.8 Å². The summed E-state index contributed by atoms with van der Waals surface area (Å²) in [6, 6.07) is 13.8. The van der Waals surface area contributed by atoms with E-state index in [1.807, 2.05) is 56.3 Å². The first kappa shape index (κ1) is 19.0. The van der Waals surface area contributed by atoms with Crippen molar-refractivity contribution in [3.05, 3.63) is 59.2 Å². The number of hydrogen-bond donors (Lipinski definition) is 0. The Hall–Kier alpha value is -2.82. The zero-order valence-corrected chi connectivity index (χ0v) is 16.4. The van der Waals surface area contributed by atoms with Crippen LogP contribution in [0.1, 0.15) is 43.5 Å². The second-order valence-corrected chi connectivity index (χ2v) is 7.06. The highest BCUT2D eigenvalue weighted by Gasteiger charge is 2.23. The fourth-order valence-corrected chi connectivity index (χ4v) is 3.48. The molecule has 0 aliphatic carbocycles. The van der Waals surface area contributed by atoms with Crippen LogP contribution in [0.3, 0.4) is 0 Å². The number of aryl methyl sites for hydroxylation is 1. The monoisotopic (exact) mass is 366 g/mol. The van der Waals surface area contributed by atoms with E-state index < -0.39 is 0 Å². The summed E-state index contributed by atoms with van der Waals surface area (Å²) in [5.74, 6) is 0.831. The number of nitrogens with zero attached hydrogens (tertiary/aromatic N) is 2. The van der Waals surface area contributed by atoms with Crippen LogP contribution in [0.15, 0.2) is 42.5 Å². The quantitative estimate of drug-likeness (QED) is 0.829. The predicted octanol–water partition coefficient (Wildman–Crippen LogP) is 3.85. The van der Waals surface area contributed by atoms with Gasteiger partial charge in [0.1, 0.15) is 12.4 Å². The number of amides is 2. The topological polar surface area (TPSA) is 49.9 Å². The maximum Gasteiger partial charge on any atom is 0.224 e. The van der Waals surface area contributed by atoms with Gasteiger partial charge in [-0.25, -0.2) is 0 Å². The van der Waals surface area contributed by atoms with Crippen LogP contribution < -0.4 is 9.64 Å². The Morgan fingerprint density at radius 1 is 1.11 bits per heavy atom. The van der Waals surface area contributed by atoms with Crippen LogP contribution in [0.5, 0.6) is 5.75 Å².